The van der Waals surface area contributed by atoms with Crippen molar-refractivity contribution in [3.8, 4) is 0 Å². The molecular formula is C12H14BrNO2. The Labute approximate surface area is 103 Å². The molecule has 1 saturated carbocycles. The van der Waals surface area contributed by atoms with Crippen LogP contribution in [0.15, 0.2) is 28.7 Å². The molecule has 4 heteroatoms. The van der Waals surface area contributed by atoms with E-state index in [4.69, 9.17) is 5.11 Å². The molecule has 1 aliphatic rings. The Morgan fingerprint density at radius 2 is 2.19 bits per heavy atom. The number of hydrogen-bond acceptors (Lipinski definition) is 2. The van der Waals surface area contributed by atoms with E-state index in [0.29, 0.717) is 0 Å². The van der Waals surface area contributed by atoms with E-state index in [2.05, 4.69) is 21.2 Å². The zero-order valence-electron chi connectivity index (χ0n) is 8.82. The highest BCUT2D eigenvalue weighted by Gasteiger charge is 2.35. The van der Waals surface area contributed by atoms with E-state index in [-0.39, 0.29) is 12.0 Å². The molecule has 16 heavy (non-hydrogen) atoms. The van der Waals surface area contributed by atoms with Crippen molar-refractivity contribution in [1.29, 1.82) is 0 Å². The lowest BCUT2D eigenvalue weighted by Crippen LogP contribution is -2.47. The van der Waals surface area contributed by atoms with E-state index >= 15 is 0 Å². The zero-order valence-corrected chi connectivity index (χ0v) is 10.4. The molecule has 0 saturated heterocycles. The van der Waals surface area contributed by atoms with Crippen LogP contribution in [-0.2, 0) is 11.3 Å². The molecule has 0 radical (unpaired) electrons. The summed E-state index contributed by atoms with van der Waals surface area (Å²) in [6.45, 7) is 0.718. The second kappa shape index (κ2) is 4.97. The number of hydrogen-bond donors (Lipinski definition) is 2. The van der Waals surface area contributed by atoms with Crippen molar-refractivity contribution in [2.24, 2.45) is 5.92 Å². The average Bonchev–Trinajstić information content (AvgIpc) is 2.18. The minimum atomic E-state index is -0.684. The minimum absolute atomic E-state index is 0.129. The molecule has 1 aromatic carbocycles. The van der Waals surface area contributed by atoms with Gasteiger partial charge < -0.3 is 10.4 Å². The zero-order chi connectivity index (χ0) is 11.5. The summed E-state index contributed by atoms with van der Waals surface area (Å²) >= 11 is 3.47. The van der Waals surface area contributed by atoms with Gasteiger partial charge in [0.25, 0.3) is 0 Å². The van der Waals surface area contributed by atoms with Crippen LogP contribution in [0.3, 0.4) is 0 Å². The number of benzene rings is 1. The summed E-state index contributed by atoms with van der Waals surface area (Å²) in [6.07, 6.45) is 1.75. The lowest BCUT2D eigenvalue weighted by atomic mass is 9.79. The van der Waals surface area contributed by atoms with Crippen LogP contribution in [0.1, 0.15) is 18.4 Å². The molecule has 2 atom stereocenters. The summed E-state index contributed by atoms with van der Waals surface area (Å²) in [5, 5.41) is 12.2. The highest BCUT2D eigenvalue weighted by atomic mass is 79.9. The first-order valence-electron chi connectivity index (χ1n) is 5.38. The molecule has 0 amide bonds. The lowest BCUT2D eigenvalue weighted by molar-refractivity contribution is -0.146. The monoisotopic (exact) mass is 283 g/mol. The summed E-state index contributed by atoms with van der Waals surface area (Å²) < 4.78 is 1.06. The molecule has 0 spiro atoms. The number of carboxylic acid groups (broad SMARTS) is 1. The first-order valence-corrected chi connectivity index (χ1v) is 6.17. The fraction of sp³-hybridized carbons (Fsp3) is 0.417. The quantitative estimate of drug-likeness (QED) is 0.892. The van der Waals surface area contributed by atoms with Crippen molar-refractivity contribution in [3.63, 3.8) is 0 Å². The van der Waals surface area contributed by atoms with Gasteiger partial charge in [0, 0.05) is 17.1 Å². The molecule has 1 fully saturated rings. The Balaban J connectivity index is 1.89. The van der Waals surface area contributed by atoms with Gasteiger partial charge >= 0.3 is 5.97 Å². The first kappa shape index (κ1) is 11.6. The first-order chi connectivity index (χ1) is 7.68. The largest absolute Gasteiger partial charge is 0.481 e. The fourth-order valence-corrected chi connectivity index (χ4v) is 2.35. The van der Waals surface area contributed by atoms with Gasteiger partial charge in [-0.05, 0) is 24.5 Å². The molecule has 0 aliphatic heterocycles. The van der Waals surface area contributed by atoms with E-state index in [0.717, 1.165) is 23.9 Å². The van der Waals surface area contributed by atoms with Crippen molar-refractivity contribution in [2.75, 3.05) is 0 Å². The maximum absolute atomic E-state index is 10.8. The van der Waals surface area contributed by atoms with Gasteiger partial charge in [0.1, 0.15) is 0 Å². The summed E-state index contributed by atoms with van der Waals surface area (Å²) in [7, 11) is 0. The van der Waals surface area contributed by atoms with Crippen molar-refractivity contribution < 1.29 is 9.90 Å². The van der Waals surface area contributed by atoms with Crippen LogP contribution in [0.5, 0.6) is 0 Å². The molecule has 0 bridgehead atoms. The van der Waals surface area contributed by atoms with Gasteiger partial charge in [-0.2, -0.15) is 0 Å². The van der Waals surface area contributed by atoms with E-state index in [9.17, 15) is 4.79 Å². The van der Waals surface area contributed by atoms with E-state index in [1.54, 1.807) is 0 Å². The van der Waals surface area contributed by atoms with Crippen LogP contribution in [0.25, 0.3) is 0 Å². The third-order valence-electron chi connectivity index (χ3n) is 3.10. The third-order valence-corrected chi connectivity index (χ3v) is 3.88. The van der Waals surface area contributed by atoms with Crippen LogP contribution in [0.2, 0.25) is 0 Å². The van der Waals surface area contributed by atoms with E-state index in [1.807, 2.05) is 24.3 Å². The molecule has 2 N–H and O–H groups in total. The summed E-state index contributed by atoms with van der Waals surface area (Å²) in [5.74, 6) is -0.890. The van der Waals surface area contributed by atoms with Gasteiger partial charge in [0.05, 0.1) is 5.92 Å². The van der Waals surface area contributed by atoms with E-state index < -0.39 is 5.97 Å². The Morgan fingerprint density at radius 1 is 1.44 bits per heavy atom. The third kappa shape index (κ3) is 2.44. The molecule has 0 heterocycles. The van der Waals surface area contributed by atoms with Crippen molar-refractivity contribution in [3.05, 3.63) is 34.3 Å². The topological polar surface area (TPSA) is 49.3 Å². The van der Waals surface area contributed by atoms with Gasteiger partial charge in [-0.3, -0.25) is 4.79 Å². The standard InChI is InChI=1S/C12H14BrNO2/c13-10-4-2-1-3-8(10)7-14-11-6-5-9(11)12(15)16/h1-4,9,11,14H,5-7H2,(H,15,16). The van der Waals surface area contributed by atoms with Gasteiger partial charge in [-0.25, -0.2) is 0 Å². The van der Waals surface area contributed by atoms with Crippen LogP contribution in [0.4, 0.5) is 0 Å². The number of aliphatic carboxylic acids is 1. The molecule has 0 aromatic heterocycles. The summed E-state index contributed by atoms with van der Waals surface area (Å²) in [4.78, 5) is 10.8. The SMILES string of the molecule is O=C(O)C1CCC1NCc1ccccc1Br. The maximum Gasteiger partial charge on any atom is 0.308 e. The number of carbonyl (C=O) groups is 1. The normalized spacial score (nSPS) is 23.8. The van der Waals surface area contributed by atoms with Crippen molar-refractivity contribution in [1.82, 2.24) is 5.32 Å². The van der Waals surface area contributed by atoms with Crippen molar-refractivity contribution in [2.45, 2.75) is 25.4 Å². The van der Waals surface area contributed by atoms with Gasteiger partial charge in [-0.1, -0.05) is 34.1 Å². The summed E-state index contributed by atoms with van der Waals surface area (Å²) in [5.41, 5.74) is 1.17. The fourth-order valence-electron chi connectivity index (χ4n) is 1.92. The van der Waals surface area contributed by atoms with Crippen LogP contribution < -0.4 is 5.32 Å². The molecule has 2 unspecified atom stereocenters. The van der Waals surface area contributed by atoms with Crippen molar-refractivity contribution >= 4 is 21.9 Å². The molecule has 3 nitrogen and oxygen atoms in total. The second-order valence-electron chi connectivity index (χ2n) is 4.10. The van der Waals surface area contributed by atoms with Gasteiger partial charge in [0.2, 0.25) is 0 Å². The van der Waals surface area contributed by atoms with Crippen LogP contribution in [-0.4, -0.2) is 17.1 Å². The lowest BCUT2D eigenvalue weighted by Gasteiger charge is -2.34. The Morgan fingerprint density at radius 3 is 2.75 bits per heavy atom. The van der Waals surface area contributed by atoms with Crippen LogP contribution in [0, 0.1) is 5.92 Å². The maximum atomic E-state index is 10.8. The number of rotatable bonds is 4. The number of carboxylic acids is 1. The predicted octanol–water partition coefficient (Wildman–Crippen LogP) is 2.40. The van der Waals surface area contributed by atoms with E-state index in [1.165, 1.54) is 5.56 Å². The highest BCUT2D eigenvalue weighted by molar-refractivity contribution is 9.10. The molecule has 86 valence electrons. The highest BCUT2D eigenvalue weighted by Crippen LogP contribution is 2.28. The number of nitrogens with one attached hydrogen (secondary N) is 1. The molecular weight excluding hydrogens is 270 g/mol. The molecule has 2 rings (SSSR count). The minimum Gasteiger partial charge on any atom is -0.481 e. The second-order valence-corrected chi connectivity index (χ2v) is 4.96. The number of halogens is 1. The molecule has 1 aromatic rings. The van der Waals surface area contributed by atoms with Gasteiger partial charge in [0.15, 0.2) is 0 Å². The smallest absolute Gasteiger partial charge is 0.308 e. The van der Waals surface area contributed by atoms with Crippen LogP contribution >= 0.6 is 15.9 Å². The molecule has 1 aliphatic carbocycles. The summed E-state index contributed by atoms with van der Waals surface area (Å²) in [6, 6.07) is 8.11. The predicted molar refractivity (Wildman–Crippen MR) is 65.1 cm³/mol. The Kier molecular flexibility index (Phi) is 3.61. The Hall–Kier alpha value is -0.870. The Bertz CT molecular complexity index is 394. The van der Waals surface area contributed by atoms with Gasteiger partial charge in [-0.15, -0.1) is 0 Å². The average molecular weight is 284 g/mol.